The summed E-state index contributed by atoms with van der Waals surface area (Å²) < 4.78 is 9.07. The molecule has 0 fully saturated rings. The molecule has 6 rings (SSSR count). The predicted molar refractivity (Wildman–Crippen MR) is 155 cm³/mol. The maximum absolute atomic E-state index is 6.47. The number of rotatable bonds is 5. The van der Waals surface area contributed by atoms with E-state index in [-0.39, 0.29) is 0 Å². The largest absolute Gasteiger partial charge is 0.457 e. The molecule has 37 heavy (non-hydrogen) atoms. The van der Waals surface area contributed by atoms with Gasteiger partial charge in [0, 0.05) is 29.5 Å². The third-order valence-corrected chi connectivity index (χ3v) is 7.95. The lowest BCUT2D eigenvalue weighted by atomic mass is 9.95. The third-order valence-electron chi connectivity index (χ3n) is 7.95. The third kappa shape index (κ3) is 4.98. The van der Waals surface area contributed by atoms with Crippen molar-refractivity contribution in [1.82, 2.24) is 4.58 Å². The van der Waals surface area contributed by atoms with Gasteiger partial charge in [-0.05, 0) is 83.5 Å². The van der Waals surface area contributed by atoms with Crippen LogP contribution in [-0.4, -0.2) is 13.1 Å². The molecule has 0 unspecified atom stereocenters. The van der Waals surface area contributed by atoms with Crippen LogP contribution in [0.25, 0.3) is 17.4 Å². The van der Waals surface area contributed by atoms with E-state index >= 15 is 0 Å². The number of nitrogens with zero attached hydrogens (tertiary/aromatic N) is 1. The van der Waals surface area contributed by atoms with E-state index in [0.717, 1.165) is 29.9 Å². The molecule has 0 bridgehead atoms. The summed E-state index contributed by atoms with van der Waals surface area (Å²) in [5.41, 5.74) is 9.23. The van der Waals surface area contributed by atoms with Crippen molar-refractivity contribution in [2.45, 2.75) is 52.4 Å². The molecule has 0 saturated carbocycles. The van der Waals surface area contributed by atoms with E-state index in [9.17, 15) is 0 Å². The minimum absolute atomic E-state index is 0.875. The standard InChI is InChI=1S/C35H36NO/c1-3-25-9-14-28(15-10-25)32-23-33(37-34(24-32)29-16-11-26(4-2)12-17-29)18-13-27-21-30-7-5-19-36-20-6-8-31(22-27)35(30)36/h9-18,21-24H,3-8,19-20H2,1-2H3/q+1/b33-18+. The second-order valence-electron chi connectivity index (χ2n) is 10.4. The maximum atomic E-state index is 6.47. The molecular formula is C35H36NO+. The van der Waals surface area contributed by atoms with Gasteiger partial charge in [0.2, 0.25) is 5.36 Å². The van der Waals surface area contributed by atoms with Crippen molar-refractivity contribution in [2.75, 3.05) is 13.1 Å². The number of benzene rings is 3. The van der Waals surface area contributed by atoms with Gasteiger partial charge in [-0.3, -0.25) is 0 Å². The summed E-state index contributed by atoms with van der Waals surface area (Å²) in [6.07, 6.45) is 15.7. The highest BCUT2D eigenvalue weighted by Crippen LogP contribution is 2.32. The van der Waals surface area contributed by atoms with Gasteiger partial charge in [-0.1, -0.05) is 68.5 Å². The number of hydrogen-bond donors (Lipinski definition) is 0. The summed E-state index contributed by atoms with van der Waals surface area (Å²) in [4.78, 5) is 0. The number of ether oxygens (including phenoxy) is 1. The fraction of sp³-hybridized carbons (Fsp3) is 0.286. The first-order valence-electron chi connectivity index (χ1n) is 14.0. The van der Waals surface area contributed by atoms with Crippen molar-refractivity contribution in [3.63, 3.8) is 0 Å². The van der Waals surface area contributed by atoms with E-state index in [0.29, 0.717) is 0 Å². The van der Waals surface area contributed by atoms with Crippen LogP contribution in [0.2, 0.25) is 0 Å². The maximum Gasteiger partial charge on any atom is 0.206 e. The molecule has 0 atom stereocenters. The fourth-order valence-corrected chi connectivity index (χ4v) is 5.86. The molecule has 2 nitrogen and oxygen atoms in total. The monoisotopic (exact) mass is 486 g/mol. The smallest absolute Gasteiger partial charge is 0.206 e. The van der Waals surface area contributed by atoms with Crippen LogP contribution in [0.15, 0.2) is 84.7 Å². The second-order valence-corrected chi connectivity index (χ2v) is 10.4. The van der Waals surface area contributed by atoms with Gasteiger partial charge in [0.25, 0.3) is 0 Å². The molecule has 0 amide bonds. The molecule has 0 N–H and O–H groups in total. The van der Waals surface area contributed by atoms with Crippen molar-refractivity contribution in [2.24, 2.45) is 0 Å². The highest BCUT2D eigenvalue weighted by Gasteiger charge is 2.23. The molecule has 3 aliphatic heterocycles. The lowest BCUT2D eigenvalue weighted by Crippen LogP contribution is -2.44. The molecule has 0 aromatic heterocycles. The summed E-state index contributed by atoms with van der Waals surface area (Å²) in [5.74, 6) is 1.77. The van der Waals surface area contributed by atoms with Gasteiger partial charge in [-0.15, -0.1) is 0 Å². The van der Waals surface area contributed by atoms with Gasteiger partial charge in [-0.2, -0.15) is 0 Å². The van der Waals surface area contributed by atoms with Crippen LogP contribution in [0.5, 0.6) is 0 Å². The molecule has 0 radical (unpaired) electrons. The van der Waals surface area contributed by atoms with Crippen molar-refractivity contribution in [1.29, 1.82) is 0 Å². The Morgan fingerprint density at radius 2 is 1.32 bits per heavy atom. The summed E-state index contributed by atoms with van der Waals surface area (Å²) in [5, 5.41) is 2.80. The Morgan fingerprint density at radius 1 is 0.730 bits per heavy atom. The Kier molecular flexibility index (Phi) is 6.66. The van der Waals surface area contributed by atoms with Crippen LogP contribution in [0, 0.1) is 0 Å². The fourth-order valence-electron chi connectivity index (χ4n) is 5.86. The Bertz CT molecular complexity index is 1490. The zero-order chi connectivity index (χ0) is 25.2. The van der Waals surface area contributed by atoms with Crippen molar-refractivity contribution in [3.05, 3.63) is 129 Å². The van der Waals surface area contributed by atoms with E-state index in [1.54, 1.807) is 0 Å². The van der Waals surface area contributed by atoms with Gasteiger partial charge < -0.3 is 4.74 Å². The van der Waals surface area contributed by atoms with Crippen LogP contribution in [0.1, 0.15) is 60.1 Å². The number of aryl methyl sites for hydroxylation is 4. The molecule has 0 spiro atoms. The molecule has 3 aromatic rings. The lowest BCUT2D eigenvalue weighted by molar-refractivity contribution is 0.399. The zero-order valence-corrected chi connectivity index (χ0v) is 22.1. The van der Waals surface area contributed by atoms with E-state index in [4.69, 9.17) is 4.74 Å². The second kappa shape index (κ2) is 10.4. The summed E-state index contributed by atoms with van der Waals surface area (Å²) in [6, 6.07) is 22.5. The first-order chi connectivity index (χ1) is 18.2. The first-order valence-corrected chi connectivity index (χ1v) is 14.0. The van der Waals surface area contributed by atoms with Crippen LogP contribution in [0.3, 0.4) is 0 Å². The lowest BCUT2D eigenvalue weighted by Gasteiger charge is -2.19. The molecule has 0 saturated heterocycles. The first kappa shape index (κ1) is 23.7. The van der Waals surface area contributed by atoms with E-state index in [1.165, 1.54) is 82.7 Å². The molecule has 186 valence electrons. The minimum atomic E-state index is 0.875. The normalized spacial score (nSPS) is 17.6. The number of allylic oxidation sites excluding steroid dienone is 4. The van der Waals surface area contributed by atoms with E-state index in [2.05, 4.69) is 103 Å². The molecule has 3 aromatic carbocycles. The summed E-state index contributed by atoms with van der Waals surface area (Å²) >= 11 is 0. The topological polar surface area (TPSA) is 12.2 Å². The van der Waals surface area contributed by atoms with Crippen molar-refractivity contribution >= 4 is 17.4 Å². The van der Waals surface area contributed by atoms with Crippen LogP contribution >= 0.6 is 0 Å². The van der Waals surface area contributed by atoms with Crippen LogP contribution < -0.4 is 15.2 Å². The van der Waals surface area contributed by atoms with E-state index < -0.39 is 0 Å². The van der Waals surface area contributed by atoms with Crippen molar-refractivity contribution in [3.8, 4) is 0 Å². The zero-order valence-electron chi connectivity index (χ0n) is 22.1. The Hall–Kier alpha value is -3.65. The molecule has 0 aliphatic carbocycles. The van der Waals surface area contributed by atoms with Crippen molar-refractivity contribution < 1.29 is 4.74 Å². The van der Waals surface area contributed by atoms with E-state index in [1.807, 2.05) is 0 Å². The SMILES string of the molecule is CCc1ccc(C2=C/C(=C\C=c3cc4c5c(c3)CCC[N+]=5CCC4)OC(c3ccc(CC)cc3)=C2)cc1. The van der Waals surface area contributed by atoms with Gasteiger partial charge >= 0.3 is 0 Å². The number of hydrogen-bond acceptors (Lipinski definition) is 1. The molecule has 3 heterocycles. The minimum Gasteiger partial charge on any atom is -0.457 e. The summed E-state index contributed by atoms with van der Waals surface area (Å²) in [6.45, 7) is 6.81. The molecule has 3 aliphatic rings. The van der Waals surface area contributed by atoms with Crippen LogP contribution in [0.4, 0.5) is 0 Å². The van der Waals surface area contributed by atoms with Crippen LogP contribution in [-0.2, 0) is 30.4 Å². The predicted octanol–water partition coefficient (Wildman–Crippen LogP) is 6.01. The van der Waals surface area contributed by atoms with Gasteiger partial charge in [-0.25, -0.2) is 4.58 Å². The average molecular weight is 487 g/mol. The average Bonchev–Trinajstić information content (AvgIpc) is 2.96. The highest BCUT2D eigenvalue weighted by molar-refractivity contribution is 5.85. The van der Waals surface area contributed by atoms with Gasteiger partial charge in [0.15, 0.2) is 0 Å². The Labute approximate surface area is 220 Å². The van der Waals surface area contributed by atoms with Gasteiger partial charge in [0.1, 0.15) is 24.6 Å². The highest BCUT2D eigenvalue weighted by atomic mass is 16.5. The molecular weight excluding hydrogens is 450 g/mol. The van der Waals surface area contributed by atoms with Gasteiger partial charge in [0.05, 0.1) is 0 Å². The summed E-state index contributed by atoms with van der Waals surface area (Å²) in [7, 11) is 0. The quantitative estimate of drug-likeness (QED) is 0.402. The Morgan fingerprint density at radius 3 is 1.92 bits per heavy atom. The molecule has 2 heteroatoms. The Balaban J connectivity index is 1.40.